The first kappa shape index (κ1) is 59.6. The molecule has 0 saturated carbocycles. The second kappa shape index (κ2) is 31.5. The molecule has 0 bridgehead atoms. The summed E-state index contributed by atoms with van der Waals surface area (Å²) in [6.07, 6.45) is 15.5. The van der Waals surface area contributed by atoms with Crippen LogP contribution in [0.4, 0.5) is 13.2 Å². The van der Waals surface area contributed by atoms with Crippen LogP contribution in [0.2, 0.25) is 0 Å². The molecule has 0 amide bonds. The summed E-state index contributed by atoms with van der Waals surface area (Å²) in [5.41, 5.74) is 9.86. The number of halogens is 3. The van der Waals surface area contributed by atoms with E-state index in [1.165, 1.54) is 98.7 Å². The van der Waals surface area contributed by atoms with Gasteiger partial charge >= 0.3 is 25.7 Å². The Bertz CT molecular complexity index is 2740. The van der Waals surface area contributed by atoms with Gasteiger partial charge < -0.3 is 25.4 Å². The molecule has 21 heteroatoms. The Kier molecular flexibility index (Phi) is 26.5. The zero-order valence-corrected chi connectivity index (χ0v) is 41.5. The summed E-state index contributed by atoms with van der Waals surface area (Å²) in [6.45, 7) is 5.34. The molecule has 0 aliphatic heterocycles. The average molecular weight is 1090 g/mol. The van der Waals surface area contributed by atoms with Crippen LogP contribution in [0.15, 0.2) is 103 Å². The molecule has 5 aromatic heterocycles. The molecule has 0 aliphatic rings. The van der Waals surface area contributed by atoms with Crippen molar-refractivity contribution in [3.63, 3.8) is 0 Å². The molecule has 15 nitrogen and oxygen atoms in total. The van der Waals surface area contributed by atoms with Gasteiger partial charge in [-0.1, -0.05) is 44.5 Å². The fraction of sp³-hybridized carbons (Fsp3) is 0.180. The Morgan fingerprint density at radius 3 is 1.80 bits per heavy atom. The standard InChI is InChI=1S/C28H21N3O8.C21H23F3N3S.CNS.Ru/c1-18(35)27(38-16-33)13-20-3-6-29-23(9-20)25-11-22(5-8-37-15-32)12-26(31-25)24-10-21(4-7-30-24)14-28(19(2)36)39-17-34;1-2-3-4-5-6-16-9-10-17(28-16)8-7-15-11-12-27-19(13-15)18(25)14-20(26)21(22,23)24;2-1-3;/h3-17H,1-2H3;7-14,25-26H,2-6H2,1H3;;/q;2*-1;+2/b8-5+,27-13+,28-14+;8-7+,18-14-,26-20?;;. The van der Waals surface area contributed by atoms with E-state index in [2.05, 4.69) is 55.9 Å². The third-order valence-corrected chi connectivity index (χ3v) is 10.1. The largest absolute Gasteiger partial charge is 2.00 e. The van der Waals surface area contributed by atoms with Crippen molar-refractivity contribution in [2.24, 2.45) is 0 Å². The molecule has 0 unspecified atom stereocenters. The number of Topliss-reactive ketones (excluding diaryl/α,β-unsaturated/α-hetero) is 2. The molecule has 71 heavy (non-hydrogen) atoms. The first-order valence-corrected chi connectivity index (χ1v) is 22.0. The number of allylic oxidation sites excluding steroid dienone is 3. The number of aryl methyl sites for hydroxylation is 1. The minimum atomic E-state index is -4.77. The maximum atomic E-state index is 12.4. The molecule has 0 radical (unpaired) electrons. The Labute approximate surface area is 429 Å². The van der Waals surface area contributed by atoms with Crippen LogP contribution in [0.1, 0.15) is 84.2 Å². The number of hydrogen-bond acceptors (Lipinski definition) is 15. The number of ketones is 2. The van der Waals surface area contributed by atoms with Crippen molar-refractivity contribution in [1.82, 2.24) is 19.9 Å². The number of carbonyl (C=O) groups is 5. The first-order valence-electron chi connectivity index (χ1n) is 20.8. The van der Waals surface area contributed by atoms with E-state index in [9.17, 15) is 37.1 Å². The minimum Gasteiger partial charge on any atom is -0.753 e. The third-order valence-electron chi connectivity index (χ3n) is 9.03. The van der Waals surface area contributed by atoms with E-state index in [4.69, 9.17) is 26.0 Å². The van der Waals surface area contributed by atoms with E-state index >= 15 is 0 Å². The maximum absolute atomic E-state index is 12.4. The average Bonchev–Trinajstić information content (AvgIpc) is 3.80. The molecule has 0 aliphatic carbocycles. The Balaban J connectivity index is 0.000000476. The summed E-state index contributed by atoms with van der Waals surface area (Å²) >= 11 is 5.43. The predicted octanol–water partition coefficient (Wildman–Crippen LogP) is 11.6. The van der Waals surface area contributed by atoms with Gasteiger partial charge in [-0.15, -0.1) is 17.0 Å². The number of rotatable bonds is 22. The number of thiophene rings is 1. The summed E-state index contributed by atoms with van der Waals surface area (Å²) in [6, 6.07) is 17.3. The molecule has 5 aromatic rings. The smallest absolute Gasteiger partial charge is 0.753 e. The fourth-order valence-electron chi connectivity index (χ4n) is 5.78. The normalized spacial score (nSPS) is 11.4. The van der Waals surface area contributed by atoms with Crippen molar-refractivity contribution in [3.05, 3.63) is 152 Å². The summed E-state index contributed by atoms with van der Waals surface area (Å²) in [5.74, 6) is -1.16. The summed E-state index contributed by atoms with van der Waals surface area (Å²) < 4.78 is 51.5. The van der Waals surface area contributed by atoms with Crippen molar-refractivity contribution >= 4 is 101 Å². The van der Waals surface area contributed by atoms with Crippen molar-refractivity contribution in [2.45, 2.75) is 59.1 Å². The molecule has 0 fully saturated rings. The van der Waals surface area contributed by atoms with Gasteiger partial charge in [0, 0.05) is 47.9 Å². The van der Waals surface area contributed by atoms with Gasteiger partial charge in [0.2, 0.25) is 0 Å². The maximum Gasteiger partial charge on any atom is 2.00 e. The van der Waals surface area contributed by atoms with Crippen LogP contribution in [0.3, 0.4) is 0 Å². The van der Waals surface area contributed by atoms with Gasteiger partial charge in [-0.25, -0.2) is 4.98 Å². The SMILES string of the molecule is CC(=O)/C(=C\c1ccnc(-c2cc(/C=C/OC=O)cc(-c3cc(/C=C(/OC=O)C(C)=O)ccn3)n2)c1)OC=O.CCCCCCc1ccc(/C=C/c2ccnc(/C([NH-])=C/C(=N)C(F)(F)F)c2)s1.[N-]=C=S.[Ru+2]. The number of pyridine rings is 4. The monoisotopic (exact) mass is 1090 g/mol. The number of nitrogens with one attached hydrogen (secondary N) is 2. The zero-order valence-electron chi connectivity index (χ0n) is 38.1. The number of unbranched alkanes of at least 4 members (excludes halogenated alkanes) is 3. The Morgan fingerprint density at radius 2 is 1.30 bits per heavy atom. The predicted molar refractivity (Wildman–Crippen MR) is 266 cm³/mol. The second-order valence-electron chi connectivity index (χ2n) is 14.2. The Hall–Kier alpha value is -7.57. The van der Waals surface area contributed by atoms with Gasteiger partial charge in [0.15, 0.2) is 23.1 Å². The van der Waals surface area contributed by atoms with Gasteiger partial charge in [-0.05, 0) is 126 Å². The number of hydrogen-bond donors (Lipinski definition) is 1. The molecule has 0 saturated heterocycles. The summed E-state index contributed by atoms with van der Waals surface area (Å²) in [4.78, 5) is 75.3. The van der Waals surface area contributed by atoms with Crippen LogP contribution in [0, 0.1) is 5.41 Å². The van der Waals surface area contributed by atoms with Gasteiger partial charge in [0.1, 0.15) is 5.71 Å². The van der Waals surface area contributed by atoms with Crippen LogP contribution in [-0.4, -0.2) is 68.0 Å². The number of thiocarbonyl (C=S) groups is 1. The van der Waals surface area contributed by atoms with Gasteiger partial charge in [0.05, 0.1) is 29.0 Å². The second-order valence-corrected chi connectivity index (χ2v) is 15.6. The van der Waals surface area contributed by atoms with Crippen molar-refractivity contribution < 1.29 is 70.8 Å². The summed E-state index contributed by atoms with van der Waals surface area (Å²) in [5, 5.41) is 15.4. The molecule has 2 N–H and O–H groups in total. The van der Waals surface area contributed by atoms with Crippen LogP contribution in [-0.2, 0) is 64.1 Å². The van der Waals surface area contributed by atoms with E-state index in [1.807, 2.05) is 12.2 Å². The minimum absolute atomic E-state index is 0. The first-order chi connectivity index (χ1) is 33.5. The molecule has 0 spiro atoms. The number of nitrogens with zero attached hydrogens (tertiary/aromatic N) is 5. The van der Waals surface area contributed by atoms with Crippen molar-refractivity contribution in [1.29, 1.82) is 5.41 Å². The van der Waals surface area contributed by atoms with Gasteiger partial charge in [-0.3, -0.25) is 44.3 Å². The fourth-order valence-corrected chi connectivity index (χ4v) is 6.74. The van der Waals surface area contributed by atoms with Crippen molar-refractivity contribution in [2.75, 3.05) is 0 Å². The number of alkyl halides is 3. The Morgan fingerprint density at radius 1 is 0.761 bits per heavy atom. The number of aromatic nitrogens is 4. The molecule has 5 rings (SSSR count). The number of carbonyl (C=O) groups excluding carboxylic acids is 5. The van der Waals surface area contributed by atoms with Gasteiger partial charge in [0.25, 0.3) is 19.4 Å². The molecular weight excluding hydrogens is 1050 g/mol. The van der Waals surface area contributed by atoms with Gasteiger partial charge in [-0.2, -0.15) is 18.3 Å². The molecular formula is C50H44F3N7O8RuS2. The molecule has 0 aromatic carbocycles. The van der Waals surface area contributed by atoms with Crippen molar-refractivity contribution in [3.8, 4) is 22.8 Å². The zero-order chi connectivity index (χ0) is 51.5. The van der Waals surface area contributed by atoms with E-state index in [-0.39, 0.29) is 56.1 Å². The summed E-state index contributed by atoms with van der Waals surface area (Å²) in [7, 11) is 0. The molecule has 0 atom stereocenters. The molecule has 368 valence electrons. The van der Waals surface area contributed by atoms with E-state index in [0.29, 0.717) is 45.5 Å². The quantitative estimate of drug-likeness (QED) is 0.00993. The number of isothiocyanates is 1. The van der Waals surface area contributed by atoms with E-state index in [1.54, 1.807) is 53.8 Å². The third kappa shape index (κ3) is 21.3. The van der Waals surface area contributed by atoms with E-state index in [0.717, 1.165) is 16.9 Å². The van der Waals surface area contributed by atoms with Crippen LogP contribution < -0.4 is 0 Å². The molecule has 5 heterocycles. The van der Waals surface area contributed by atoms with Crippen LogP contribution >= 0.6 is 23.6 Å². The van der Waals surface area contributed by atoms with Crippen LogP contribution in [0.25, 0.3) is 70.0 Å². The van der Waals surface area contributed by atoms with E-state index < -0.39 is 29.2 Å². The number of ether oxygens (including phenoxy) is 3. The topological polar surface area (TPSA) is 235 Å². The van der Waals surface area contributed by atoms with Crippen LogP contribution in [0.5, 0.6) is 0 Å².